The molecule has 8 heteroatoms. The summed E-state index contributed by atoms with van der Waals surface area (Å²) in [6, 6.07) is 10.6. The second-order valence-corrected chi connectivity index (χ2v) is 7.86. The van der Waals surface area contributed by atoms with E-state index in [0.29, 0.717) is 45.2 Å². The number of fused-ring (bicyclic) bond motifs is 3. The Labute approximate surface area is 173 Å². The van der Waals surface area contributed by atoms with Crippen molar-refractivity contribution in [3.8, 4) is 28.0 Å². The fourth-order valence-electron chi connectivity index (χ4n) is 3.82. The maximum atomic E-state index is 13.3. The van der Waals surface area contributed by atoms with Crippen LogP contribution in [0.15, 0.2) is 57.2 Å². The Morgan fingerprint density at radius 1 is 1.13 bits per heavy atom. The van der Waals surface area contributed by atoms with Crippen molar-refractivity contribution in [2.75, 3.05) is 6.79 Å². The van der Waals surface area contributed by atoms with Gasteiger partial charge in [-0.15, -0.1) is 11.3 Å². The predicted octanol–water partition coefficient (Wildman–Crippen LogP) is 4.42. The molecule has 2 N–H and O–H groups in total. The normalized spacial score (nSPS) is 12.8. The van der Waals surface area contributed by atoms with Gasteiger partial charge in [-0.05, 0) is 29.8 Å². The van der Waals surface area contributed by atoms with Crippen molar-refractivity contribution < 1.29 is 19.0 Å². The molecule has 0 aliphatic carbocycles. The molecule has 0 spiro atoms. The zero-order valence-corrected chi connectivity index (χ0v) is 16.3. The van der Waals surface area contributed by atoms with Gasteiger partial charge in [0.05, 0.1) is 16.8 Å². The molecule has 0 atom stereocenters. The molecule has 4 heterocycles. The van der Waals surface area contributed by atoms with Gasteiger partial charge in [-0.3, -0.25) is 4.79 Å². The van der Waals surface area contributed by atoms with Gasteiger partial charge < -0.3 is 24.0 Å². The summed E-state index contributed by atoms with van der Waals surface area (Å²) in [4.78, 5) is 21.0. The zero-order valence-electron chi connectivity index (χ0n) is 15.5. The van der Waals surface area contributed by atoms with Gasteiger partial charge in [0.1, 0.15) is 21.7 Å². The zero-order chi connectivity index (χ0) is 20.2. The summed E-state index contributed by atoms with van der Waals surface area (Å²) in [6.07, 6.45) is 2.18. The summed E-state index contributed by atoms with van der Waals surface area (Å²) >= 11 is 1.42. The number of aromatic nitrogens is 2. The van der Waals surface area contributed by atoms with Crippen LogP contribution in [0, 0.1) is 0 Å². The van der Waals surface area contributed by atoms with Gasteiger partial charge in [0.15, 0.2) is 17.1 Å². The molecule has 1 aliphatic rings. The van der Waals surface area contributed by atoms with E-state index in [0.717, 1.165) is 11.3 Å². The average Bonchev–Trinajstić information content (AvgIpc) is 3.48. The number of phenolic OH excluding ortho intramolecular Hbond substituents is 1. The number of H-pyrrole nitrogens is 1. The molecule has 6 rings (SSSR count). The molecule has 0 radical (unpaired) electrons. The fraction of sp³-hybridized carbons (Fsp3) is 0.0909. The standard InChI is InChI=1S/C22H14N2O5S/c25-13-2-1-3-15-17(13)20(26)18-19(22-23-6-7-30-22)24-12(21(18)29-15)8-11-4-5-14-16(9-11)28-10-27-14/h1-7,9,24-25H,8,10H2. The van der Waals surface area contributed by atoms with Crippen LogP contribution in [0.3, 0.4) is 0 Å². The Morgan fingerprint density at radius 2 is 2.03 bits per heavy atom. The van der Waals surface area contributed by atoms with Crippen LogP contribution in [0.1, 0.15) is 11.3 Å². The van der Waals surface area contributed by atoms with E-state index in [9.17, 15) is 9.90 Å². The second kappa shape index (κ2) is 6.36. The molecule has 0 amide bonds. The summed E-state index contributed by atoms with van der Waals surface area (Å²) in [5, 5.41) is 13.3. The van der Waals surface area contributed by atoms with E-state index >= 15 is 0 Å². The molecule has 0 saturated carbocycles. The van der Waals surface area contributed by atoms with E-state index in [4.69, 9.17) is 13.9 Å². The van der Waals surface area contributed by atoms with Crippen molar-refractivity contribution in [2.24, 2.45) is 0 Å². The van der Waals surface area contributed by atoms with Crippen molar-refractivity contribution in [3.63, 3.8) is 0 Å². The van der Waals surface area contributed by atoms with Crippen LogP contribution in [-0.4, -0.2) is 21.9 Å². The number of nitrogens with zero attached hydrogens (tertiary/aromatic N) is 1. The minimum absolute atomic E-state index is 0.105. The number of ether oxygens (including phenoxy) is 2. The molecule has 1 aliphatic heterocycles. The van der Waals surface area contributed by atoms with E-state index in [1.165, 1.54) is 17.4 Å². The van der Waals surface area contributed by atoms with Gasteiger partial charge in [-0.25, -0.2) is 4.98 Å². The highest BCUT2D eigenvalue weighted by atomic mass is 32.1. The van der Waals surface area contributed by atoms with Crippen molar-refractivity contribution >= 4 is 33.3 Å². The minimum Gasteiger partial charge on any atom is -0.507 e. The molecule has 2 aromatic carbocycles. The summed E-state index contributed by atoms with van der Waals surface area (Å²) in [7, 11) is 0. The molecule has 0 fully saturated rings. The van der Waals surface area contributed by atoms with Crippen LogP contribution in [0.25, 0.3) is 32.6 Å². The van der Waals surface area contributed by atoms with Gasteiger partial charge in [0, 0.05) is 18.0 Å². The summed E-state index contributed by atoms with van der Waals surface area (Å²) in [6.45, 7) is 0.211. The third-order valence-corrected chi connectivity index (χ3v) is 5.95. The molecule has 3 aromatic heterocycles. The number of aromatic hydroxyl groups is 1. The number of nitrogens with one attached hydrogen (secondary N) is 1. The number of hydrogen-bond acceptors (Lipinski definition) is 7. The van der Waals surface area contributed by atoms with E-state index < -0.39 is 0 Å². The summed E-state index contributed by atoms with van der Waals surface area (Å²) in [5.41, 5.74) is 2.82. The van der Waals surface area contributed by atoms with E-state index in [-0.39, 0.29) is 23.4 Å². The molecule has 0 bridgehead atoms. The lowest BCUT2D eigenvalue weighted by molar-refractivity contribution is 0.174. The van der Waals surface area contributed by atoms with Gasteiger partial charge in [0.25, 0.3) is 0 Å². The third-order valence-electron chi connectivity index (χ3n) is 5.16. The molecule has 30 heavy (non-hydrogen) atoms. The first kappa shape index (κ1) is 17.1. The van der Waals surface area contributed by atoms with Crippen molar-refractivity contribution in [1.29, 1.82) is 0 Å². The molecular formula is C22H14N2O5S. The first-order chi connectivity index (χ1) is 14.7. The maximum Gasteiger partial charge on any atom is 0.231 e. The average molecular weight is 418 g/mol. The van der Waals surface area contributed by atoms with Crippen molar-refractivity contribution in [2.45, 2.75) is 6.42 Å². The highest BCUT2D eigenvalue weighted by molar-refractivity contribution is 7.13. The number of aromatic amines is 1. The van der Waals surface area contributed by atoms with Gasteiger partial charge in [-0.1, -0.05) is 12.1 Å². The van der Waals surface area contributed by atoms with Crippen LogP contribution in [0.5, 0.6) is 17.2 Å². The molecule has 7 nitrogen and oxygen atoms in total. The van der Waals surface area contributed by atoms with Crippen LogP contribution >= 0.6 is 11.3 Å². The predicted molar refractivity (Wildman–Crippen MR) is 112 cm³/mol. The SMILES string of the molecule is O=c1c2c(O)cccc2oc2c(Cc3ccc4c(c3)OCO4)[nH]c(-c3nccs3)c12. The monoisotopic (exact) mass is 418 g/mol. The van der Waals surface area contributed by atoms with Crippen LogP contribution in [0.4, 0.5) is 0 Å². The Bertz CT molecular complexity index is 1480. The molecule has 0 unspecified atom stereocenters. The number of rotatable bonds is 3. The largest absolute Gasteiger partial charge is 0.507 e. The van der Waals surface area contributed by atoms with Crippen molar-refractivity contribution in [1.82, 2.24) is 9.97 Å². The topological polar surface area (TPSA) is 97.6 Å². The Morgan fingerprint density at radius 3 is 2.90 bits per heavy atom. The van der Waals surface area contributed by atoms with Crippen molar-refractivity contribution in [3.05, 3.63) is 69.5 Å². The molecule has 0 saturated heterocycles. The third kappa shape index (κ3) is 2.50. The second-order valence-electron chi connectivity index (χ2n) is 6.97. The fourth-order valence-corrected chi connectivity index (χ4v) is 4.46. The lowest BCUT2D eigenvalue weighted by atomic mass is 10.1. The minimum atomic E-state index is -0.289. The number of benzene rings is 2. The lowest BCUT2D eigenvalue weighted by Crippen LogP contribution is -2.02. The number of phenols is 1. The van der Waals surface area contributed by atoms with E-state index in [1.54, 1.807) is 18.3 Å². The lowest BCUT2D eigenvalue weighted by Gasteiger charge is -2.04. The molecule has 148 valence electrons. The number of hydrogen-bond donors (Lipinski definition) is 2. The Kier molecular flexibility index (Phi) is 3.63. The first-order valence-electron chi connectivity index (χ1n) is 9.27. The Balaban J connectivity index is 1.61. The molecular weight excluding hydrogens is 404 g/mol. The van der Waals surface area contributed by atoms with E-state index in [1.807, 2.05) is 23.6 Å². The van der Waals surface area contributed by atoms with Gasteiger partial charge in [0.2, 0.25) is 12.2 Å². The quantitative estimate of drug-likeness (QED) is 0.450. The maximum absolute atomic E-state index is 13.3. The highest BCUT2D eigenvalue weighted by Gasteiger charge is 2.23. The Hall–Kier alpha value is -3.78. The van der Waals surface area contributed by atoms with Gasteiger partial charge >= 0.3 is 0 Å². The summed E-state index contributed by atoms with van der Waals surface area (Å²) in [5.74, 6) is 1.30. The smallest absolute Gasteiger partial charge is 0.231 e. The van der Waals surface area contributed by atoms with Crippen LogP contribution in [-0.2, 0) is 6.42 Å². The van der Waals surface area contributed by atoms with Gasteiger partial charge in [-0.2, -0.15) is 0 Å². The van der Waals surface area contributed by atoms with E-state index in [2.05, 4.69) is 9.97 Å². The highest BCUT2D eigenvalue weighted by Crippen LogP contribution is 2.36. The summed E-state index contributed by atoms with van der Waals surface area (Å²) < 4.78 is 17.0. The van der Waals surface area contributed by atoms with Crippen LogP contribution in [0.2, 0.25) is 0 Å². The van der Waals surface area contributed by atoms with Crippen LogP contribution < -0.4 is 14.9 Å². The molecule has 5 aromatic rings. The first-order valence-corrected chi connectivity index (χ1v) is 10.1. The number of thiazole rings is 1.